The molecule has 1 aromatic rings. The van der Waals surface area contributed by atoms with Gasteiger partial charge in [0.05, 0.1) is 28.2 Å². The van der Waals surface area contributed by atoms with E-state index < -0.39 is 33.9 Å². The second-order valence-electron chi connectivity index (χ2n) is 4.26. The first-order chi connectivity index (χ1) is 7.83. The summed E-state index contributed by atoms with van der Waals surface area (Å²) in [5, 5.41) is 19.9. The summed E-state index contributed by atoms with van der Waals surface area (Å²) in [5.41, 5.74) is 4.03. The lowest BCUT2D eigenvalue weighted by Crippen LogP contribution is -2.52. The van der Waals surface area contributed by atoms with E-state index in [9.17, 15) is 24.0 Å². The summed E-state index contributed by atoms with van der Waals surface area (Å²) >= 11 is 0. The number of hydrogen-bond acceptors (Lipinski definition) is 4. The Morgan fingerprint density at radius 2 is 1.94 bits per heavy atom. The summed E-state index contributed by atoms with van der Waals surface area (Å²) in [7, 11) is 0. The molecule has 92 valence electrons. The number of aliphatic hydroxyl groups excluding tert-OH is 1. The first kappa shape index (κ1) is 11.9. The van der Waals surface area contributed by atoms with Gasteiger partial charge in [-0.25, -0.2) is 8.78 Å². The number of aliphatic hydroxyl groups is 1. The highest BCUT2D eigenvalue weighted by Crippen LogP contribution is 2.43. The van der Waals surface area contributed by atoms with Crippen molar-refractivity contribution in [2.24, 2.45) is 5.73 Å². The summed E-state index contributed by atoms with van der Waals surface area (Å²) in [4.78, 5) is 9.94. The Hall–Kier alpha value is -1.60. The van der Waals surface area contributed by atoms with E-state index in [0.717, 1.165) is 6.07 Å². The Labute approximate surface area is 95.0 Å². The van der Waals surface area contributed by atoms with Crippen molar-refractivity contribution in [1.82, 2.24) is 0 Å². The van der Waals surface area contributed by atoms with Crippen molar-refractivity contribution in [3.8, 4) is 0 Å². The monoisotopic (exact) mass is 244 g/mol. The SMILES string of the molecule is NC1(c2cc(F)c(F)cc2[N+](=O)[O-])CC(O)C1. The van der Waals surface area contributed by atoms with Crippen molar-refractivity contribution in [1.29, 1.82) is 0 Å². The van der Waals surface area contributed by atoms with Crippen molar-refractivity contribution in [3.63, 3.8) is 0 Å². The highest BCUT2D eigenvalue weighted by Gasteiger charge is 2.45. The summed E-state index contributed by atoms with van der Waals surface area (Å²) in [6.45, 7) is 0. The highest BCUT2D eigenvalue weighted by molar-refractivity contribution is 5.47. The number of nitro benzene ring substituents is 1. The molecule has 1 aliphatic rings. The van der Waals surface area contributed by atoms with Crippen LogP contribution in [0.2, 0.25) is 0 Å². The Morgan fingerprint density at radius 3 is 2.41 bits per heavy atom. The van der Waals surface area contributed by atoms with Crippen LogP contribution in [0.1, 0.15) is 18.4 Å². The van der Waals surface area contributed by atoms with Crippen LogP contribution >= 0.6 is 0 Å². The first-order valence-corrected chi connectivity index (χ1v) is 4.94. The van der Waals surface area contributed by atoms with Gasteiger partial charge in [-0.1, -0.05) is 0 Å². The number of benzene rings is 1. The molecular formula is C10H10F2N2O3. The number of nitrogens with zero attached hydrogens (tertiary/aromatic N) is 1. The Bertz CT molecular complexity index is 487. The third-order valence-electron chi connectivity index (χ3n) is 2.97. The lowest BCUT2D eigenvalue weighted by molar-refractivity contribution is -0.386. The molecule has 3 N–H and O–H groups in total. The molecule has 1 aromatic carbocycles. The minimum absolute atomic E-state index is 0.0771. The second-order valence-corrected chi connectivity index (χ2v) is 4.26. The van der Waals surface area contributed by atoms with Crippen LogP contribution in [-0.2, 0) is 5.54 Å². The highest BCUT2D eigenvalue weighted by atomic mass is 19.2. The third kappa shape index (κ3) is 1.87. The molecule has 1 aliphatic carbocycles. The molecule has 0 aromatic heterocycles. The summed E-state index contributed by atoms with van der Waals surface area (Å²) in [6.07, 6.45) is -0.467. The van der Waals surface area contributed by atoms with Gasteiger partial charge in [0.2, 0.25) is 0 Å². The fourth-order valence-corrected chi connectivity index (χ4v) is 2.09. The van der Waals surface area contributed by atoms with Gasteiger partial charge in [-0.05, 0) is 18.9 Å². The summed E-state index contributed by atoms with van der Waals surface area (Å²) in [6, 6.07) is 1.25. The summed E-state index contributed by atoms with van der Waals surface area (Å²) in [5.74, 6) is -2.47. The van der Waals surface area contributed by atoms with Gasteiger partial charge in [0.25, 0.3) is 5.69 Å². The maximum Gasteiger partial charge on any atom is 0.277 e. The van der Waals surface area contributed by atoms with E-state index in [0.29, 0.717) is 6.07 Å². The molecule has 0 unspecified atom stereocenters. The van der Waals surface area contributed by atoms with E-state index in [1.54, 1.807) is 0 Å². The van der Waals surface area contributed by atoms with Crippen molar-refractivity contribution < 1.29 is 18.8 Å². The molecule has 0 radical (unpaired) electrons. The van der Waals surface area contributed by atoms with E-state index >= 15 is 0 Å². The molecule has 0 saturated heterocycles. The Balaban J connectivity index is 2.52. The quantitative estimate of drug-likeness (QED) is 0.603. The predicted molar refractivity (Wildman–Crippen MR) is 54.1 cm³/mol. The number of nitro groups is 1. The van der Waals surface area contributed by atoms with Gasteiger partial charge in [0.1, 0.15) is 0 Å². The molecule has 0 spiro atoms. The van der Waals surface area contributed by atoms with E-state index in [1.807, 2.05) is 0 Å². The molecular weight excluding hydrogens is 234 g/mol. The molecule has 0 aliphatic heterocycles. The third-order valence-corrected chi connectivity index (χ3v) is 2.97. The Morgan fingerprint density at radius 1 is 1.41 bits per heavy atom. The minimum atomic E-state index is -1.29. The van der Waals surface area contributed by atoms with Crippen molar-refractivity contribution in [2.45, 2.75) is 24.5 Å². The number of nitrogens with two attached hydrogens (primary N) is 1. The van der Waals surface area contributed by atoms with Crippen LogP contribution < -0.4 is 5.73 Å². The van der Waals surface area contributed by atoms with Crippen LogP contribution in [0.15, 0.2) is 12.1 Å². The second kappa shape index (κ2) is 3.71. The van der Waals surface area contributed by atoms with Crippen LogP contribution in [-0.4, -0.2) is 16.1 Å². The van der Waals surface area contributed by atoms with E-state index in [-0.39, 0.29) is 18.4 Å². The molecule has 0 atom stereocenters. The van der Waals surface area contributed by atoms with Gasteiger partial charge >= 0.3 is 0 Å². The molecule has 0 amide bonds. The normalized spacial score (nSPS) is 27.6. The van der Waals surface area contributed by atoms with Gasteiger partial charge in [-0.15, -0.1) is 0 Å². The molecule has 2 rings (SSSR count). The zero-order valence-electron chi connectivity index (χ0n) is 8.69. The number of rotatable bonds is 2. The average molecular weight is 244 g/mol. The van der Waals surface area contributed by atoms with Crippen LogP contribution in [0.3, 0.4) is 0 Å². The lowest BCUT2D eigenvalue weighted by atomic mass is 9.70. The van der Waals surface area contributed by atoms with Crippen molar-refractivity contribution in [3.05, 3.63) is 39.4 Å². The van der Waals surface area contributed by atoms with Gasteiger partial charge in [0, 0.05) is 0 Å². The largest absolute Gasteiger partial charge is 0.393 e. The average Bonchev–Trinajstić information content (AvgIpc) is 2.19. The van der Waals surface area contributed by atoms with E-state index in [1.165, 1.54) is 0 Å². The minimum Gasteiger partial charge on any atom is -0.393 e. The maximum atomic E-state index is 13.1. The molecule has 17 heavy (non-hydrogen) atoms. The number of halogens is 2. The van der Waals surface area contributed by atoms with Crippen molar-refractivity contribution in [2.75, 3.05) is 0 Å². The summed E-state index contributed by atoms with van der Waals surface area (Å²) < 4.78 is 26.0. The Kier molecular flexibility index (Phi) is 2.59. The van der Waals surface area contributed by atoms with E-state index in [4.69, 9.17) is 5.73 Å². The zero-order valence-corrected chi connectivity index (χ0v) is 8.69. The van der Waals surface area contributed by atoms with Gasteiger partial charge in [-0.3, -0.25) is 10.1 Å². The van der Waals surface area contributed by atoms with Gasteiger partial charge < -0.3 is 10.8 Å². The zero-order chi connectivity index (χ0) is 12.8. The van der Waals surface area contributed by atoms with E-state index in [2.05, 4.69) is 0 Å². The number of hydrogen-bond donors (Lipinski definition) is 2. The van der Waals surface area contributed by atoms with Crippen LogP contribution in [0.5, 0.6) is 0 Å². The van der Waals surface area contributed by atoms with Gasteiger partial charge in [0.15, 0.2) is 11.6 Å². The van der Waals surface area contributed by atoms with Crippen LogP contribution in [0, 0.1) is 21.7 Å². The molecule has 0 heterocycles. The van der Waals surface area contributed by atoms with Crippen LogP contribution in [0.4, 0.5) is 14.5 Å². The smallest absolute Gasteiger partial charge is 0.277 e. The molecule has 1 saturated carbocycles. The van der Waals surface area contributed by atoms with Crippen molar-refractivity contribution >= 4 is 5.69 Å². The fraction of sp³-hybridized carbons (Fsp3) is 0.400. The molecule has 1 fully saturated rings. The topological polar surface area (TPSA) is 89.4 Å². The molecule has 7 heteroatoms. The standard InChI is InChI=1S/C10H10F2N2O3/c11-7-1-6(10(13)3-5(15)4-10)9(14(16)17)2-8(7)12/h1-2,5,15H,3-4,13H2. The maximum absolute atomic E-state index is 13.1. The van der Waals surface area contributed by atoms with Crippen LogP contribution in [0.25, 0.3) is 0 Å². The fourth-order valence-electron chi connectivity index (χ4n) is 2.09. The lowest BCUT2D eigenvalue weighted by Gasteiger charge is -2.42. The van der Waals surface area contributed by atoms with Gasteiger partial charge in [-0.2, -0.15) is 0 Å². The molecule has 0 bridgehead atoms. The predicted octanol–water partition coefficient (Wildman–Crippen LogP) is 1.18. The molecule has 5 nitrogen and oxygen atoms in total. The first-order valence-electron chi connectivity index (χ1n) is 4.94.